The fourth-order valence-electron chi connectivity index (χ4n) is 2.97. The van der Waals surface area contributed by atoms with Crippen LogP contribution >= 0.6 is 0 Å². The predicted molar refractivity (Wildman–Crippen MR) is 101 cm³/mol. The summed E-state index contributed by atoms with van der Waals surface area (Å²) in [5.74, 6) is 1.06. The Morgan fingerprint density at radius 2 is 2.04 bits per heavy atom. The summed E-state index contributed by atoms with van der Waals surface area (Å²) in [6.45, 7) is 2.13. The Balaban J connectivity index is 1.53. The van der Waals surface area contributed by atoms with Crippen molar-refractivity contribution in [1.82, 2.24) is 9.97 Å². The van der Waals surface area contributed by atoms with Gasteiger partial charge in [0, 0.05) is 22.7 Å². The Morgan fingerprint density at radius 3 is 2.81 bits per heavy atom. The number of H-pyrrole nitrogens is 1. The van der Waals surface area contributed by atoms with E-state index in [1.807, 2.05) is 55.5 Å². The molecule has 136 valence electrons. The number of carbonyl (C=O) groups is 1. The molecule has 4 aromatic rings. The minimum Gasteiger partial charge on any atom is -0.487 e. The van der Waals surface area contributed by atoms with E-state index in [4.69, 9.17) is 14.3 Å². The van der Waals surface area contributed by atoms with Crippen LogP contribution < -0.4 is 4.74 Å². The number of aryl methyl sites for hydroxylation is 1. The molecule has 2 heterocycles. The zero-order valence-electron chi connectivity index (χ0n) is 14.7. The molecule has 0 saturated carbocycles. The van der Waals surface area contributed by atoms with Crippen molar-refractivity contribution in [2.24, 2.45) is 0 Å². The maximum atomic E-state index is 11.0. The minimum atomic E-state index is -0.867. The van der Waals surface area contributed by atoms with E-state index in [0.717, 1.165) is 27.7 Å². The number of carboxylic acids is 1. The lowest BCUT2D eigenvalue weighted by atomic mass is 10.1. The summed E-state index contributed by atoms with van der Waals surface area (Å²) >= 11 is 0. The molecule has 0 atom stereocenters. The highest BCUT2D eigenvalue weighted by molar-refractivity contribution is 5.88. The van der Waals surface area contributed by atoms with Crippen LogP contribution in [0.1, 0.15) is 17.0 Å². The number of ether oxygens (including phenoxy) is 1. The molecule has 2 aromatic heterocycles. The molecule has 0 bridgehead atoms. The van der Waals surface area contributed by atoms with E-state index in [1.165, 1.54) is 0 Å². The molecule has 0 amide bonds. The number of benzene rings is 2. The Morgan fingerprint density at radius 1 is 1.22 bits per heavy atom. The van der Waals surface area contributed by atoms with Crippen molar-refractivity contribution >= 4 is 16.9 Å². The van der Waals surface area contributed by atoms with Gasteiger partial charge in [-0.1, -0.05) is 18.2 Å². The minimum absolute atomic E-state index is 0.0354. The molecule has 4 rings (SSSR count). The Labute approximate surface area is 155 Å². The summed E-state index contributed by atoms with van der Waals surface area (Å²) in [4.78, 5) is 18.6. The van der Waals surface area contributed by atoms with E-state index in [1.54, 1.807) is 6.20 Å². The molecule has 0 aliphatic rings. The number of hydrogen-bond acceptors (Lipinski definition) is 4. The average molecular weight is 362 g/mol. The molecule has 2 aromatic carbocycles. The molecule has 6 heteroatoms. The number of aromatic amines is 1. The molecule has 2 N–H and O–H groups in total. The highest BCUT2D eigenvalue weighted by Crippen LogP contribution is 2.26. The number of nitrogens with zero attached hydrogens (tertiary/aromatic N) is 1. The average Bonchev–Trinajstić information content (AvgIpc) is 3.24. The highest BCUT2D eigenvalue weighted by atomic mass is 16.5. The third-order valence-electron chi connectivity index (χ3n) is 4.37. The number of hydrogen-bond donors (Lipinski definition) is 2. The van der Waals surface area contributed by atoms with Crippen LogP contribution in [0.2, 0.25) is 0 Å². The van der Waals surface area contributed by atoms with Crippen LogP contribution in [-0.4, -0.2) is 21.0 Å². The normalized spacial score (nSPS) is 11.0. The monoisotopic (exact) mass is 362 g/mol. The number of rotatable bonds is 6. The number of aromatic nitrogens is 2. The Bertz CT molecular complexity index is 1100. The Hall–Kier alpha value is -3.54. The van der Waals surface area contributed by atoms with E-state index >= 15 is 0 Å². The summed E-state index contributed by atoms with van der Waals surface area (Å²) in [6.07, 6.45) is 1.68. The third kappa shape index (κ3) is 3.55. The van der Waals surface area contributed by atoms with Crippen molar-refractivity contribution in [1.29, 1.82) is 0 Å². The van der Waals surface area contributed by atoms with Crippen molar-refractivity contribution in [2.75, 3.05) is 0 Å². The number of nitrogens with one attached hydrogen (secondary N) is 1. The van der Waals surface area contributed by atoms with Gasteiger partial charge in [0.15, 0.2) is 0 Å². The number of oxazole rings is 1. The molecule has 0 fully saturated rings. The molecular weight excluding hydrogens is 344 g/mol. The molecule has 27 heavy (non-hydrogen) atoms. The number of fused-ring (bicyclic) bond motifs is 1. The number of carboxylic acid groups (broad SMARTS) is 1. The summed E-state index contributed by atoms with van der Waals surface area (Å²) in [5.41, 5.74) is 3.25. The van der Waals surface area contributed by atoms with Crippen molar-refractivity contribution in [3.05, 3.63) is 71.7 Å². The zero-order valence-corrected chi connectivity index (χ0v) is 14.7. The zero-order chi connectivity index (χ0) is 18.8. The van der Waals surface area contributed by atoms with E-state index in [9.17, 15) is 4.79 Å². The summed E-state index contributed by atoms with van der Waals surface area (Å²) in [5, 5.41) is 9.87. The van der Waals surface area contributed by atoms with Gasteiger partial charge < -0.3 is 19.2 Å². The smallest absolute Gasteiger partial charge is 0.307 e. The first-order chi connectivity index (χ1) is 13.1. The van der Waals surface area contributed by atoms with Crippen LogP contribution in [0, 0.1) is 6.92 Å². The molecular formula is C21H18N2O4. The van der Waals surface area contributed by atoms with Gasteiger partial charge in [-0.05, 0) is 42.8 Å². The van der Waals surface area contributed by atoms with E-state index in [2.05, 4.69) is 9.97 Å². The first kappa shape index (κ1) is 16.9. The van der Waals surface area contributed by atoms with Crippen LogP contribution in [0.15, 0.2) is 59.1 Å². The van der Waals surface area contributed by atoms with Crippen LogP contribution in [0.5, 0.6) is 5.75 Å². The standard InChI is InChI=1S/C21H18N2O4/c1-13-19(23-21(27-13)14-5-3-2-4-6-14)12-26-16-7-8-18-17(10-16)15(11-22-18)9-20(24)25/h2-8,10-11,22H,9,12H2,1H3,(H,24,25). The fourth-order valence-corrected chi connectivity index (χ4v) is 2.97. The second-order valence-corrected chi connectivity index (χ2v) is 6.27. The van der Waals surface area contributed by atoms with Gasteiger partial charge in [-0.15, -0.1) is 0 Å². The molecule has 0 spiro atoms. The van der Waals surface area contributed by atoms with Gasteiger partial charge in [0.2, 0.25) is 5.89 Å². The first-order valence-corrected chi connectivity index (χ1v) is 8.56. The van der Waals surface area contributed by atoms with Crippen LogP contribution in [0.25, 0.3) is 22.4 Å². The molecule has 0 saturated heterocycles. The van der Waals surface area contributed by atoms with Gasteiger partial charge >= 0.3 is 5.97 Å². The van der Waals surface area contributed by atoms with Crippen LogP contribution in [-0.2, 0) is 17.8 Å². The van der Waals surface area contributed by atoms with Gasteiger partial charge in [-0.2, -0.15) is 0 Å². The van der Waals surface area contributed by atoms with Crippen molar-refractivity contribution in [3.63, 3.8) is 0 Å². The Kier molecular flexibility index (Phi) is 4.38. The number of aliphatic carboxylic acids is 1. The summed E-state index contributed by atoms with van der Waals surface area (Å²) < 4.78 is 11.6. The lowest BCUT2D eigenvalue weighted by molar-refractivity contribution is -0.136. The third-order valence-corrected chi connectivity index (χ3v) is 4.37. The molecule has 6 nitrogen and oxygen atoms in total. The van der Waals surface area contributed by atoms with E-state index in [0.29, 0.717) is 17.4 Å². The van der Waals surface area contributed by atoms with Crippen LogP contribution in [0.3, 0.4) is 0 Å². The summed E-state index contributed by atoms with van der Waals surface area (Å²) in [7, 11) is 0. The van der Waals surface area contributed by atoms with Gasteiger partial charge in [0.05, 0.1) is 6.42 Å². The van der Waals surface area contributed by atoms with Gasteiger partial charge in [-0.25, -0.2) is 4.98 Å². The van der Waals surface area contributed by atoms with Gasteiger partial charge in [0.25, 0.3) is 0 Å². The molecule has 0 aliphatic carbocycles. The van der Waals surface area contributed by atoms with Crippen molar-refractivity contribution < 1.29 is 19.1 Å². The van der Waals surface area contributed by atoms with Crippen molar-refractivity contribution in [2.45, 2.75) is 20.0 Å². The topological polar surface area (TPSA) is 88.4 Å². The molecule has 0 radical (unpaired) electrons. The lowest BCUT2D eigenvalue weighted by Crippen LogP contribution is -1.99. The van der Waals surface area contributed by atoms with Gasteiger partial charge in [0.1, 0.15) is 23.8 Å². The maximum Gasteiger partial charge on any atom is 0.307 e. The van der Waals surface area contributed by atoms with Crippen molar-refractivity contribution in [3.8, 4) is 17.2 Å². The van der Waals surface area contributed by atoms with E-state index < -0.39 is 5.97 Å². The second kappa shape index (κ2) is 6.99. The second-order valence-electron chi connectivity index (χ2n) is 6.27. The predicted octanol–water partition coefficient (Wildman–Crippen LogP) is 4.34. The molecule has 0 unspecified atom stereocenters. The maximum absolute atomic E-state index is 11.0. The lowest BCUT2D eigenvalue weighted by Gasteiger charge is -2.05. The highest BCUT2D eigenvalue weighted by Gasteiger charge is 2.13. The largest absolute Gasteiger partial charge is 0.487 e. The molecule has 0 aliphatic heterocycles. The quantitative estimate of drug-likeness (QED) is 0.533. The van der Waals surface area contributed by atoms with E-state index in [-0.39, 0.29) is 13.0 Å². The SMILES string of the molecule is Cc1oc(-c2ccccc2)nc1COc1ccc2[nH]cc(CC(=O)O)c2c1. The first-order valence-electron chi connectivity index (χ1n) is 8.56. The van der Waals surface area contributed by atoms with Gasteiger partial charge in [-0.3, -0.25) is 4.79 Å². The fraction of sp³-hybridized carbons (Fsp3) is 0.143. The van der Waals surface area contributed by atoms with Crippen LogP contribution in [0.4, 0.5) is 0 Å². The summed E-state index contributed by atoms with van der Waals surface area (Å²) in [6, 6.07) is 15.3.